The lowest BCUT2D eigenvalue weighted by Crippen LogP contribution is -2.57. The van der Waals surface area contributed by atoms with Gasteiger partial charge >= 0.3 is 5.97 Å². The number of phenolic OH excluding ortho intramolecular Hbond substituents is 1. The number of nitrogens with zero attached hydrogens (tertiary/aromatic N) is 1. The average molecular weight is 647 g/mol. The third-order valence-corrected chi connectivity index (χ3v) is 9.66. The monoisotopic (exact) mass is 647 g/mol. The number of aromatic hydroxyl groups is 1. The van der Waals surface area contributed by atoms with E-state index in [2.05, 4.69) is 60.6 Å². The van der Waals surface area contributed by atoms with Crippen molar-refractivity contribution in [1.29, 1.82) is 0 Å². The molecule has 0 amide bonds. The highest BCUT2D eigenvalue weighted by Crippen LogP contribution is 2.40. The van der Waals surface area contributed by atoms with Crippen LogP contribution in [0.2, 0.25) is 0 Å². The number of morpholine rings is 1. The molecule has 6 heteroatoms. The lowest BCUT2D eigenvalue weighted by molar-refractivity contribution is -0.952. The molecule has 0 aliphatic carbocycles. The van der Waals surface area contributed by atoms with E-state index < -0.39 is 0 Å². The maximum atomic E-state index is 12.8. The van der Waals surface area contributed by atoms with E-state index in [1.165, 1.54) is 83.5 Å². The molecule has 0 radical (unpaired) electrons. The molecule has 6 nitrogen and oxygen atoms in total. The number of hydrogen-bond acceptors (Lipinski definition) is 5. The number of ether oxygens (including phenoxy) is 3. The fraction of sp³-hybridized carbons (Fsp3) is 0.825. The Morgan fingerprint density at radius 1 is 0.761 bits per heavy atom. The molecule has 1 fully saturated rings. The van der Waals surface area contributed by atoms with Gasteiger partial charge in [0.1, 0.15) is 32.0 Å². The second kappa shape index (κ2) is 21.4. The van der Waals surface area contributed by atoms with Crippen LogP contribution in [0.5, 0.6) is 5.75 Å². The van der Waals surface area contributed by atoms with E-state index in [9.17, 15) is 9.90 Å². The molecule has 46 heavy (non-hydrogen) atoms. The Morgan fingerprint density at radius 3 is 1.72 bits per heavy atom. The predicted octanol–water partition coefficient (Wildman–Crippen LogP) is 9.77. The molecule has 0 atom stereocenters. The average Bonchev–Trinajstić information content (AvgIpc) is 2.99. The number of hydrogen-bond donors (Lipinski definition) is 1. The molecule has 1 saturated heterocycles. The number of benzene rings is 1. The molecule has 0 unspecified atom stereocenters. The lowest BCUT2D eigenvalue weighted by atomic mass is 9.78. The second-order valence-electron chi connectivity index (χ2n) is 16.0. The minimum atomic E-state index is -0.189. The van der Waals surface area contributed by atoms with Crippen molar-refractivity contribution in [1.82, 2.24) is 0 Å². The van der Waals surface area contributed by atoms with Crippen LogP contribution in [0.4, 0.5) is 0 Å². The number of esters is 1. The van der Waals surface area contributed by atoms with Crippen LogP contribution < -0.4 is 0 Å². The summed E-state index contributed by atoms with van der Waals surface area (Å²) in [5.41, 5.74) is 2.54. The summed E-state index contributed by atoms with van der Waals surface area (Å²) in [4.78, 5) is 12.8. The van der Waals surface area contributed by atoms with Crippen molar-refractivity contribution in [2.75, 3.05) is 52.8 Å². The van der Waals surface area contributed by atoms with E-state index in [0.717, 1.165) is 67.0 Å². The van der Waals surface area contributed by atoms with Crippen LogP contribution in [0.25, 0.3) is 0 Å². The molecule has 1 aliphatic heterocycles. The van der Waals surface area contributed by atoms with Gasteiger partial charge in [-0.1, -0.05) is 144 Å². The van der Waals surface area contributed by atoms with Crippen molar-refractivity contribution >= 4 is 5.97 Å². The highest BCUT2D eigenvalue weighted by atomic mass is 16.5. The van der Waals surface area contributed by atoms with E-state index in [1.807, 2.05) is 0 Å². The quantitative estimate of drug-likeness (QED) is 0.0729. The maximum absolute atomic E-state index is 12.8. The van der Waals surface area contributed by atoms with Crippen molar-refractivity contribution in [3.05, 3.63) is 28.8 Å². The molecule has 1 aromatic rings. The zero-order valence-corrected chi connectivity index (χ0v) is 31.2. The number of carbonyl (C=O) groups excluding carboxylic acids is 1. The van der Waals surface area contributed by atoms with Crippen molar-refractivity contribution in [2.45, 2.75) is 162 Å². The summed E-state index contributed by atoms with van der Waals surface area (Å²) in [6, 6.07) is 4.11. The highest BCUT2D eigenvalue weighted by Gasteiger charge is 2.31. The topological polar surface area (TPSA) is 65.0 Å². The van der Waals surface area contributed by atoms with Crippen LogP contribution >= 0.6 is 0 Å². The normalized spacial score (nSPS) is 15.3. The molecular weight excluding hydrogens is 574 g/mol. The maximum Gasteiger partial charge on any atom is 0.306 e. The summed E-state index contributed by atoms with van der Waals surface area (Å²) in [7, 11) is 0. The van der Waals surface area contributed by atoms with Gasteiger partial charge in [-0.15, -0.1) is 0 Å². The van der Waals surface area contributed by atoms with Crippen LogP contribution in [0, 0.1) is 0 Å². The molecule has 1 N–H and O–H groups in total. The zero-order chi connectivity index (χ0) is 33.9. The van der Waals surface area contributed by atoms with Crippen LogP contribution in [-0.2, 0) is 36.3 Å². The predicted molar refractivity (Wildman–Crippen MR) is 192 cm³/mol. The van der Waals surface area contributed by atoms with Crippen molar-refractivity contribution in [3.8, 4) is 5.75 Å². The summed E-state index contributed by atoms with van der Waals surface area (Å²) < 4.78 is 18.4. The van der Waals surface area contributed by atoms with Crippen LogP contribution in [0.1, 0.15) is 161 Å². The van der Waals surface area contributed by atoms with E-state index in [1.54, 1.807) is 0 Å². The van der Waals surface area contributed by atoms with Crippen molar-refractivity contribution < 1.29 is 28.6 Å². The number of quaternary nitrogens is 1. The molecule has 0 saturated carbocycles. The number of rotatable bonds is 23. The standard InChI is InChI=1S/C40H71NO5/c1-8-9-10-11-12-13-14-15-16-17-18-19-20-21-27-45-33-41(24-28-44-29-25-41)26-30-46-37(42)23-22-34-31-35(39(2,3)4)38(43)36(32-34)40(5,6)7/h31-32H,8-30,33H2,1-7H3/p+1. The Morgan fingerprint density at radius 2 is 1.24 bits per heavy atom. The minimum Gasteiger partial charge on any atom is -0.507 e. The zero-order valence-electron chi connectivity index (χ0n) is 31.2. The Labute approximate surface area is 283 Å². The van der Waals surface area contributed by atoms with Gasteiger partial charge < -0.3 is 19.3 Å². The largest absolute Gasteiger partial charge is 0.507 e. The Balaban J connectivity index is 1.65. The van der Waals surface area contributed by atoms with E-state index >= 15 is 0 Å². The van der Waals surface area contributed by atoms with Gasteiger partial charge in [0.2, 0.25) is 0 Å². The Hall–Kier alpha value is -1.63. The van der Waals surface area contributed by atoms with Gasteiger partial charge in [-0.25, -0.2) is 0 Å². The summed E-state index contributed by atoms with van der Waals surface area (Å²) >= 11 is 0. The van der Waals surface area contributed by atoms with Crippen LogP contribution in [-0.4, -0.2) is 68.4 Å². The SMILES string of the molecule is CCCCCCCCCCCCCCCCOC[N+]1(CCOC(=O)CCc2cc(C(C)(C)C)c(O)c(C(C)(C)C)c2)CCOCC1. The first kappa shape index (κ1) is 40.5. The fourth-order valence-electron chi connectivity index (χ4n) is 6.46. The molecule has 1 aliphatic rings. The first-order chi connectivity index (χ1) is 21.9. The second-order valence-corrected chi connectivity index (χ2v) is 16.0. The molecule has 0 spiro atoms. The van der Waals surface area contributed by atoms with Crippen LogP contribution in [0.15, 0.2) is 12.1 Å². The number of carbonyl (C=O) groups is 1. The first-order valence-electron chi connectivity index (χ1n) is 18.9. The van der Waals surface area contributed by atoms with Gasteiger partial charge in [0.25, 0.3) is 0 Å². The molecule has 0 aromatic heterocycles. The van der Waals surface area contributed by atoms with E-state index in [-0.39, 0.29) is 16.8 Å². The minimum absolute atomic E-state index is 0.169. The lowest BCUT2D eigenvalue weighted by Gasteiger charge is -2.40. The van der Waals surface area contributed by atoms with Crippen LogP contribution in [0.3, 0.4) is 0 Å². The fourth-order valence-corrected chi connectivity index (χ4v) is 6.46. The third kappa shape index (κ3) is 16.0. The molecular formula is C40H72NO5+. The summed E-state index contributed by atoms with van der Waals surface area (Å²) in [5.74, 6) is 0.204. The van der Waals surface area contributed by atoms with Gasteiger partial charge in [-0.05, 0) is 40.4 Å². The molecule has 2 rings (SSSR count). The third-order valence-electron chi connectivity index (χ3n) is 9.66. The van der Waals surface area contributed by atoms with Crippen molar-refractivity contribution in [3.63, 3.8) is 0 Å². The van der Waals surface area contributed by atoms with Gasteiger partial charge in [-0.2, -0.15) is 0 Å². The Bertz CT molecular complexity index is 936. The first-order valence-corrected chi connectivity index (χ1v) is 18.9. The summed E-state index contributed by atoms with van der Waals surface area (Å²) in [6.45, 7) is 20.8. The Kier molecular flexibility index (Phi) is 18.8. The van der Waals surface area contributed by atoms with E-state index in [0.29, 0.717) is 31.9 Å². The van der Waals surface area contributed by atoms with Gasteiger partial charge in [-0.3, -0.25) is 9.28 Å². The molecule has 1 heterocycles. The molecule has 0 bridgehead atoms. The smallest absolute Gasteiger partial charge is 0.306 e. The van der Waals surface area contributed by atoms with E-state index in [4.69, 9.17) is 14.2 Å². The van der Waals surface area contributed by atoms with Gasteiger partial charge in [0, 0.05) is 6.42 Å². The molecule has 1 aromatic carbocycles. The van der Waals surface area contributed by atoms with Gasteiger partial charge in [0.15, 0.2) is 6.73 Å². The summed E-state index contributed by atoms with van der Waals surface area (Å²) in [6.07, 6.45) is 20.0. The number of phenols is 1. The molecule has 266 valence electrons. The number of aryl methyl sites for hydroxylation is 1. The number of unbranched alkanes of at least 4 members (excludes halogenated alkanes) is 13. The van der Waals surface area contributed by atoms with Crippen molar-refractivity contribution in [2.24, 2.45) is 0 Å². The summed E-state index contributed by atoms with van der Waals surface area (Å²) in [5, 5.41) is 11.0. The van der Waals surface area contributed by atoms with Gasteiger partial charge in [0.05, 0.1) is 19.8 Å². The highest BCUT2D eigenvalue weighted by molar-refractivity contribution is 5.69.